The summed E-state index contributed by atoms with van der Waals surface area (Å²) >= 11 is 1.32. The monoisotopic (exact) mass is 358 g/mol. The zero-order chi connectivity index (χ0) is 17.9. The Kier molecular flexibility index (Phi) is 5.18. The van der Waals surface area contributed by atoms with Crippen molar-refractivity contribution in [2.75, 3.05) is 6.54 Å². The van der Waals surface area contributed by atoms with Gasteiger partial charge in [0.1, 0.15) is 0 Å². The van der Waals surface area contributed by atoms with Crippen LogP contribution in [0.2, 0.25) is 0 Å². The topological polar surface area (TPSA) is 79.3 Å². The second-order valence-electron chi connectivity index (χ2n) is 6.60. The minimum atomic E-state index is -1.02. The summed E-state index contributed by atoms with van der Waals surface area (Å²) in [5.41, 5.74) is 1.91. The van der Waals surface area contributed by atoms with Gasteiger partial charge in [-0.2, -0.15) is 0 Å². The van der Waals surface area contributed by atoms with Crippen LogP contribution < -0.4 is 5.32 Å². The van der Waals surface area contributed by atoms with Gasteiger partial charge in [0.25, 0.3) is 0 Å². The van der Waals surface area contributed by atoms with Crippen molar-refractivity contribution >= 4 is 23.2 Å². The summed E-state index contributed by atoms with van der Waals surface area (Å²) in [5, 5.41) is 14.2. The quantitative estimate of drug-likeness (QED) is 0.830. The van der Waals surface area contributed by atoms with Gasteiger partial charge in [0, 0.05) is 18.3 Å². The van der Waals surface area contributed by atoms with Gasteiger partial charge >= 0.3 is 5.97 Å². The number of nitrogens with zero attached hydrogens (tertiary/aromatic N) is 1. The number of aromatic carboxylic acids is 1. The molecule has 25 heavy (non-hydrogen) atoms. The number of benzene rings is 1. The normalized spacial score (nSPS) is 15.9. The fourth-order valence-electron chi connectivity index (χ4n) is 3.54. The van der Waals surface area contributed by atoms with Gasteiger partial charge in [0.2, 0.25) is 5.91 Å². The minimum Gasteiger partial charge on any atom is -0.476 e. The molecule has 0 unspecified atom stereocenters. The van der Waals surface area contributed by atoms with Crippen molar-refractivity contribution in [1.29, 1.82) is 0 Å². The fraction of sp³-hybridized carbons (Fsp3) is 0.421. The zero-order valence-electron chi connectivity index (χ0n) is 14.2. The van der Waals surface area contributed by atoms with E-state index >= 15 is 0 Å². The van der Waals surface area contributed by atoms with Crippen molar-refractivity contribution in [3.05, 3.63) is 51.5 Å². The second-order valence-corrected chi connectivity index (χ2v) is 7.54. The van der Waals surface area contributed by atoms with E-state index in [1.54, 1.807) is 0 Å². The first-order valence-corrected chi connectivity index (χ1v) is 9.42. The lowest BCUT2D eigenvalue weighted by Crippen LogP contribution is -2.43. The average Bonchev–Trinajstić information content (AvgIpc) is 3.25. The Morgan fingerprint density at radius 3 is 2.72 bits per heavy atom. The Hall–Kier alpha value is -2.21. The molecule has 0 radical (unpaired) electrons. The predicted octanol–water partition coefficient (Wildman–Crippen LogP) is 3.32. The summed E-state index contributed by atoms with van der Waals surface area (Å²) in [6.07, 6.45) is 4.44. The standard InChI is InChI=1S/C19H22N2O3S/c1-13-5-4-6-14(11-13)19(8-2-3-9-19)18(24)20-10-7-16-21-15(12-25-16)17(22)23/h4-6,11-12H,2-3,7-10H2,1H3,(H,20,24)(H,22,23). The van der Waals surface area contributed by atoms with Gasteiger partial charge in [-0.1, -0.05) is 42.7 Å². The van der Waals surface area contributed by atoms with Crippen LogP contribution in [0.4, 0.5) is 0 Å². The Labute approximate surface area is 151 Å². The molecule has 5 nitrogen and oxygen atoms in total. The third-order valence-corrected chi connectivity index (χ3v) is 5.77. The molecule has 1 saturated carbocycles. The number of amides is 1. The lowest BCUT2D eigenvalue weighted by atomic mass is 9.77. The highest BCUT2D eigenvalue weighted by Crippen LogP contribution is 2.41. The maximum absolute atomic E-state index is 13.0. The van der Waals surface area contributed by atoms with Gasteiger partial charge in [-0.25, -0.2) is 9.78 Å². The highest BCUT2D eigenvalue weighted by Gasteiger charge is 2.42. The molecule has 1 fully saturated rings. The highest BCUT2D eigenvalue weighted by atomic mass is 32.1. The summed E-state index contributed by atoms with van der Waals surface area (Å²) < 4.78 is 0. The Bertz CT molecular complexity index is 778. The molecule has 3 rings (SSSR count). The van der Waals surface area contributed by atoms with Crippen LogP contribution in [-0.4, -0.2) is 28.5 Å². The van der Waals surface area contributed by atoms with Crippen LogP contribution >= 0.6 is 11.3 Å². The number of thiazole rings is 1. The summed E-state index contributed by atoms with van der Waals surface area (Å²) in [6.45, 7) is 2.52. The molecule has 0 saturated heterocycles. The first-order valence-electron chi connectivity index (χ1n) is 8.54. The first kappa shape index (κ1) is 17.6. The van der Waals surface area contributed by atoms with Crippen molar-refractivity contribution in [2.24, 2.45) is 0 Å². The lowest BCUT2D eigenvalue weighted by molar-refractivity contribution is -0.126. The number of carboxylic acid groups (broad SMARTS) is 1. The van der Waals surface area contributed by atoms with Gasteiger partial charge < -0.3 is 10.4 Å². The fourth-order valence-corrected chi connectivity index (χ4v) is 4.32. The largest absolute Gasteiger partial charge is 0.476 e. The van der Waals surface area contributed by atoms with E-state index in [-0.39, 0.29) is 11.6 Å². The third-order valence-electron chi connectivity index (χ3n) is 4.86. The molecule has 0 spiro atoms. The molecule has 6 heteroatoms. The number of carbonyl (C=O) groups is 2. The molecule has 0 aliphatic heterocycles. The van der Waals surface area contributed by atoms with Crippen LogP contribution in [-0.2, 0) is 16.6 Å². The number of aromatic nitrogens is 1. The van der Waals surface area contributed by atoms with E-state index < -0.39 is 11.4 Å². The smallest absolute Gasteiger partial charge is 0.355 e. The molecule has 0 atom stereocenters. The van der Waals surface area contributed by atoms with E-state index in [0.29, 0.717) is 13.0 Å². The van der Waals surface area contributed by atoms with E-state index in [0.717, 1.165) is 36.3 Å². The molecule has 1 aliphatic rings. The van der Waals surface area contributed by atoms with Gasteiger partial charge in [-0.3, -0.25) is 4.79 Å². The average molecular weight is 358 g/mol. The maximum atomic E-state index is 13.0. The predicted molar refractivity (Wildman–Crippen MR) is 97.1 cm³/mol. The van der Waals surface area contributed by atoms with E-state index in [1.807, 2.05) is 19.1 Å². The molecule has 132 valence electrons. The van der Waals surface area contributed by atoms with Crippen molar-refractivity contribution in [3.63, 3.8) is 0 Å². The minimum absolute atomic E-state index is 0.0679. The zero-order valence-corrected chi connectivity index (χ0v) is 15.1. The highest BCUT2D eigenvalue weighted by molar-refractivity contribution is 7.09. The number of nitrogens with one attached hydrogen (secondary N) is 1. The Morgan fingerprint density at radius 2 is 2.08 bits per heavy atom. The number of hydrogen-bond acceptors (Lipinski definition) is 4. The number of carboxylic acids is 1. The molecule has 2 aromatic rings. The van der Waals surface area contributed by atoms with Gasteiger partial charge in [-0.15, -0.1) is 11.3 Å². The number of hydrogen-bond donors (Lipinski definition) is 2. The molecule has 1 aromatic carbocycles. The molecule has 1 amide bonds. The van der Waals surface area contributed by atoms with Crippen molar-refractivity contribution in [2.45, 2.75) is 44.4 Å². The van der Waals surface area contributed by atoms with Crippen LogP contribution in [0.5, 0.6) is 0 Å². The van der Waals surface area contributed by atoms with E-state index in [1.165, 1.54) is 22.3 Å². The number of rotatable bonds is 6. The third kappa shape index (κ3) is 3.74. The molecule has 1 aliphatic carbocycles. The van der Waals surface area contributed by atoms with Gasteiger partial charge in [0.05, 0.1) is 10.4 Å². The van der Waals surface area contributed by atoms with Crippen LogP contribution in [0.25, 0.3) is 0 Å². The van der Waals surface area contributed by atoms with Gasteiger partial charge in [-0.05, 0) is 25.3 Å². The van der Waals surface area contributed by atoms with Crippen LogP contribution in [0.1, 0.15) is 52.3 Å². The summed E-state index contributed by atoms with van der Waals surface area (Å²) in [4.78, 5) is 27.9. The van der Waals surface area contributed by atoms with Crippen LogP contribution in [0, 0.1) is 6.92 Å². The SMILES string of the molecule is Cc1cccc(C2(C(=O)NCCc3nc(C(=O)O)cs3)CCCC2)c1. The first-order chi connectivity index (χ1) is 12.0. The summed E-state index contributed by atoms with van der Waals surface area (Å²) in [7, 11) is 0. The molecular formula is C19H22N2O3S. The van der Waals surface area contributed by atoms with E-state index in [4.69, 9.17) is 5.11 Å². The van der Waals surface area contributed by atoms with Crippen LogP contribution in [0.3, 0.4) is 0 Å². The molecular weight excluding hydrogens is 336 g/mol. The van der Waals surface area contributed by atoms with Crippen molar-refractivity contribution in [3.8, 4) is 0 Å². The lowest BCUT2D eigenvalue weighted by Gasteiger charge is -2.28. The summed E-state index contributed by atoms with van der Waals surface area (Å²) in [6, 6.07) is 8.23. The van der Waals surface area contributed by atoms with Crippen molar-refractivity contribution < 1.29 is 14.7 Å². The molecule has 0 bridgehead atoms. The van der Waals surface area contributed by atoms with Crippen LogP contribution in [0.15, 0.2) is 29.6 Å². The molecule has 2 N–H and O–H groups in total. The molecule has 1 aromatic heterocycles. The Balaban J connectivity index is 1.66. The summed E-state index contributed by atoms with van der Waals surface area (Å²) in [5.74, 6) is -0.943. The van der Waals surface area contributed by atoms with E-state index in [2.05, 4.69) is 22.4 Å². The maximum Gasteiger partial charge on any atom is 0.355 e. The number of aryl methyl sites for hydroxylation is 1. The van der Waals surface area contributed by atoms with Gasteiger partial charge in [0.15, 0.2) is 5.69 Å². The van der Waals surface area contributed by atoms with Crippen molar-refractivity contribution in [1.82, 2.24) is 10.3 Å². The van der Waals surface area contributed by atoms with E-state index in [9.17, 15) is 9.59 Å². The Morgan fingerprint density at radius 1 is 1.32 bits per heavy atom. The second kappa shape index (κ2) is 7.35. The molecule has 1 heterocycles. The number of carbonyl (C=O) groups excluding carboxylic acids is 1.